The number of benzene rings is 1. The van der Waals surface area contributed by atoms with Gasteiger partial charge in [-0.3, -0.25) is 9.89 Å². The fourth-order valence-electron chi connectivity index (χ4n) is 1.77. The van der Waals surface area contributed by atoms with Crippen molar-refractivity contribution in [1.29, 1.82) is 0 Å². The summed E-state index contributed by atoms with van der Waals surface area (Å²) in [6, 6.07) is 6.42. The Bertz CT molecular complexity index is 602. The molecule has 5 nitrogen and oxygen atoms in total. The Morgan fingerprint density at radius 2 is 2.14 bits per heavy atom. The zero-order valence-corrected chi connectivity index (χ0v) is 12.6. The summed E-state index contributed by atoms with van der Waals surface area (Å²) in [6.07, 6.45) is 1.40. The molecule has 0 saturated heterocycles. The summed E-state index contributed by atoms with van der Waals surface area (Å²) in [6.45, 7) is 2.44. The molecule has 7 heteroatoms. The Balaban J connectivity index is 0.00000220. The standard InChI is InChI=1S/C14H17FN4O.ClH/c1-9(16-2)7-17-14(20)11-8-18-19-13(11)10-5-3-4-6-12(10)15;/h3-6,8-9,16H,7H2,1-2H3,(H,17,20)(H,18,19);1H. The maximum absolute atomic E-state index is 13.8. The number of likely N-dealkylation sites (N-methyl/N-ethyl adjacent to an activating group) is 1. The topological polar surface area (TPSA) is 69.8 Å². The number of amides is 1. The van der Waals surface area contributed by atoms with Gasteiger partial charge in [-0.2, -0.15) is 5.10 Å². The lowest BCUT2D eigenvalue weighted by molar-refractivity contribution is 0.0951. The van der Waals surface area contributed by atoms with E-state index in [0.717, 1.165) is 0 Å². The van der Waals surface area contributed by atoms with Crippen molar-refractivity contribution in [1.82, 2.24) is 20.8 Å². The summed E-state index contributed by atoms with van der Waals surface area (Å²) in [5.74, 6) is -0.673. The summed E-state index contributed by atoms with van der Waals surface area (Å²) in [5.41, 5.74) is 1.05. The van der Waals surface area contributed by atoms with Crippen LogP contribution >= 0.6 is 12.4 Å². The van der Waals surface area contributed by atoms with Crippen LogP contribution in [0.4, 0.5) is 4.39 Å². The molecule has 0 spiro atoms. The quantitative estimate of drug-likeness (QED) is 0.790. The first-order valence-electron chi connectivity index (χ1n) is 6.37. The van der Waals surface area contributed by atoms with Crippen LogP contribution in [0.5, 0.6) is 0 Å². The van der Waals surface area contributed by atoms with Gasteiger partial charge >= 0.3 is 0 Å². The van der Waals surface area contributed by atoms with E-state index in [-0.39, 0.29) is 24.4 Å². The number of aromatic nitrogens is 2. The number of nitrogens with zero attached hydrogens (tertiary/aromatic N) is 1. The minimum absolute atomic E-state index is 0. The summed E-state index contributed by atoms with van der Waals surface area (Å²) in [7, 11) is 1.82. The fourth-order valence-corrected chi connectivity index (χ4v) is 1.77. The van der Waals surface area contributed by atoms with Crippen molar-refractivity contribution in [3.8, 4) is 11.3 Å². The van der Waals surface area contributed by atoms with Crippen molar-refractivity contribution in [3.05, 3.63) is 41.8 Å². The van der Waals surface area contributed by atoms with Crippen molar-refractivity contribution >= 4 is 18.3 Å². The van der Waals surface area contributed by atoms with Crippen LogP contribution in [0.3, 0.4) is 0 Å². The second-order valence-corrected chi connectivity index (χ2v) is 4.54. The van der Waals surface area contributed by atoms with E-state index in [1.54, 1.807) is 18.2 Å². The number of carbonyl (C=O) groups excluding carboxylic acids is 1. The van der Waals surface area contributed by atoms with Crippen molar-refractivity contribution in [2.75, 3.05) is 13.6 Å². The highest BCUT2D eigenvalue weighted by Crippen LogP contribution is 2.23. The van der Waals surface area contributed by atoms with Gasteiger partial charge in [-0.15, -0.1) is 12.4 Å². The van der Waals surface area contributed by atoms with Gasteiger partial charge in [0, 0.05) is 18.2 Å². The number of nitrogens with one attached hydrogen (secondary N) is 3. The maximum atomic E-state index is 13.8. The van der Waals surface area contributed by atoms with Crippen LogP contribution in [0.25, 0.3) is 11.3 Å². The van der Waals surface area contributed by atoms with Gasteiger partial charge in [0.05, 0.1) is 17.5 Å². The summed E-state index contributed by atoms with van der Waals surface area (Å²) in [5, 5.41) is 12.3. The van der Waals surface area contributed by atoms with E-state index in [4.69, 9.17) is 0 Å². The molecule has 1 aromatic heterocycles. The van der Waals surface area contributed by atoms with Crippen LogP contribution in [0.1, 0.15) is 17.3 Å². The summed E-state index contributed by atoms with van der Waals surface area (Å²) < 4.78 is 13.8. The third-order valence-corrected chi connectivity index (χ3v) is 3.09. The zero-order chi connectivity index (χ0) is 14.5. The highest BCUT2D eigenvalue weighted by Gasteiger charge is 2.17. The molecule has 0 saturated carbocycles. The normalized spacial score (nSPS) is 11.6. The molecule has 2 aromatic rings. The number of rotatable bonds is 5. The third kappa shape index (κ3) is 4.03. The molecule has 0 bridgehead atoms. The molecule has 114 valence electrons. The van der Waals surface area contributed by atoms with Crippen LogP contribution in [-0.2, 0) is 0 Å². The number of carbonyl (C=O) groups is 1. The van der Waals surface area contributed by atoms with Crippen molar-refractivity contribution < 1.29 is 9.18 Å². The average molecular weight is 313 g/mol. The second kappa shape index (κ2) is 7.75. The predicted octanol–water partition coefficient (Wildman–Crippen LogP) is 1.98. The van der Waals surface area contributed by atoms with E-state index in [1.807, 2.05) is 14.0 Å². The van der Waals surface area contributed by atoms with E-state index >= 15 is 0 Å². The van der Waals surface area contributed by atoms with Crippen LogP contribution in [0.15, 0.2) is 30.5 Å². The number of aromatic amines is 1. The molecule has 0 aliphatic heterocycles. The van der Waals surface area contributed by atoms with Crippen molar-refractivity contribution in [2.24, 2.45) is 0 Å². The lowest BCUT2D eigenvalue weighted by Crippen LogP contribution is -2.37. The van der Waals surface area contributed by atoms with Crippen LogP contribution in [-0.4, -0.2) is 35.7 Å². The second-order valence-electron chi connectivity index (χ2n) is 4.54. The minimum atomic E-state index is -0.394. The molecule has 1 amide bonds. The molecule has 0 fully saturated rings. The SMILES string of the molecule is CNC(C)CNC(=O)c1cn[nH]c1-c1ccccc1F.Cl. The molecule has 0 aliphatic carbocycles. The Hall–Kier alpha value is -1.92. The molecule has 3 N–H and O–H groups in total. The lowest BCUT2D eigenvalue weighted by Gasteiger charge is -2.11. The minimum Gasteiger partial charge on any atom is -0.350 e. The fraction of sp³-hybridized carbons (Fsp3) is 0.286. The Morgan fingerprint density at radius 1 is 1.43 bits per heavy atom. The van der Waals surface area contributed by atoms with Crippen LogP contribution in [0.2, 0.25) is 0 Å². The van der Waals surface area contributed by atoms with Gasteiger partial charge in [-0.05, 0) is 26.1 Å². The van der Waals surface area contributed by atoms with Crippen LogP contribution in [0, 0.1) is 5.82 Å². The van der Waals surface area contributed by atoms with Crippen molar-refractivity contribution in [2.45, 2.75) is 13.0 Å². The van der Waals surface area contributed by atoms with E-state index in [2.05, 4.69) is 20.8 Å². The smallest absolute Gasteiger partial charge is 0.255 e. The summed E-state index contributed by atoms with van der Waals surface area (Å²) >= 11 is 0. The first kappa shape index (κ1) is 17.1. The van der Waals surface area contributed by atoms with Gasteiger partial charge in [0.15, 0.2) is 0 Å². The molecule has 1 unspecified atom stereocenters. The molecular weight excluding hydrogens is 295 g/mol. The van der Waals surface area contributed by atoms with E-state index in [0.29, 0.717) is 23.4 Å². The summed E-state index contributed by atoms with van der Waals surface area (Å²) in [4.78, 5) is 12.1. The zero-order valence-electron chi connectivity index (χ0n) is 11.8. The Kier molecular flexibility index (Phi) is 6.33. The van der Waals surface area contributed by atoms with E-state index in [9.17, 15) is 9.18 Å². The Labute approximate surface area is 128 Å². The Morgan fingerprint density at radius 3 is 2.81 bits per heavy atom. The third-order valence-electron chi connectivity index (χ3n) is 3.09. The van der Waals surface area contributed by atoms with E-state index < -0.39 is 5.82 Å². The molecule has 0 aliphatic rings. The highest BCUT2D eigenvalue weighted by atomic mass is 35.5. The van der Waals surface area contributed by atoms with E-state index in [1.165, 1.54) is 12.3 Å². The first-order chi connectivity index (χ1) is 9.63. The van der Waals surface area contributed by atoms with Gasteiger partial charge in [0.1, 0.15) is 5.82 Å². The van der Waals surface area contributed by atoms with Gasteiger partial charge in [-0.25, -0.2) is 4.39 Å². The maximum Gasteiger partial charge on any atom is 0.255 e. The average Bonchev–Trinajstić information content (AvgIpc) is 2.94. The van der Waals surface area contributed by atoms with Crippen LogP contribution < -0.4 is 10.6 Å². The van der Waals surface area contributed by atoms with Gasteiger partial charge in [0.2, 0.25) is 0 Å². The number of hydrogen-bond donors (Lipinski definition) is 3. The first-order valence-corrected chi connectivity index (χ1v) is 6.37. The number of H-pyrrole nitrogens is 1. The largest absolute Gasteiger partial charge is 0.350 e. The monoisotopic (exact) mass is 312 g/mol. The van der Waals surface area contributed by atoms with Crippen molar-refractivity contribution in [3.63, 3.8) is 0 Å². The molecule has 1 atom stereocenters. The molecule has 2 rings (SSSR count). The van der Waals surface area contributed by atoms with Gasteiger partial charge in [0.25, 0.3) is 5.91 Å². The molecule has 0 radical (unpaired) electrons. The molecule has 1 heterocycles. The number of halogens is 2. The molecule has 21 heavy (non-hydrogen) atoms. The highest BCUT2D eigenvalue weighted by molar-refractivity contribution is 5.99. The number of hydrogen-bond acceptors (Lipinski definition) is 3. The van der Waals surface area contributed by atoms with Gasteiger partial charge in [-0.1, -0.05) is 12.1 Å². The molecule has 1 aromatic carbocycles. The lowest BCUT2D eigenvalue weighted by atomic mass is 10.1. The predicted molar refractivity (Wildman–Crippen MR) is 82.1 cm³/mol. The molecular formula is C14H18ClFN4O. The van der Waals surface area contributed by atoms with Gasteiger partial charge < -0.3 is 10.6 Å².